The van der Waals surface area contributed by atoms with Crippen LogP contribution >= 0.6 is 0 Å². The third-order valence-corrected chi connectivity index (χ3v) is 4.39. The summed E-state index contributed by atoms with van der Waals surface area (Å²) in [7, 11) is 0. The minimum Gasteiger partial charge on any atom is -0.462 e. The van der Waals surface area contributed by atoms with Crippen molar-refractivity contribution in [2.24, 2.45) is 0 Å². The molecule has 1 aliphatic rings. The lowest BCUT2D eigenvalue weighted by Crippen LogP contribution is -2.23. The van der Waals surface area contributed by atoms with Gasteiger partial charge in [-0.25, -0.2) is 0 Å². The molecule has 7 heteroatoms. The van der Waals surface area contributed by atoms with Gasteiger partial charge in [-0.1, -0.05) is 6.42 Å². The summed E-state index contributed by atoms with van der Waals surface area (Å²) in [5, 5.41) is 0. The van der Waals surface area contributed by atoms with Crippen LogP contribution < -0.4 is 0 Å². The van der Waals surface area contributed by atoms with E-state index in [0.29, 0.717) is 19.3 Å². The van der Waals surface area contributed by atoms with E-state index in [9.17, 15) is 24.0 Å². The number of carbonyl (C=O) groups is 5. The van der Waals surface area contributed by atoms with E-state index < -0.39 is 18.2 Å². The van der Waals surface area contributed by atoms with E-state index in [2.05, 4.69) is 0 Å². The lowest BCUT2D eigenvalue weighted by molar-refractivity contribution is -0.151. The predicted molar refractivity (Wildman–Crippen MR) is 96.9 cm³/mol. The molecule has 0 aromatic carbocycles. The lowest BCUT2D eigenvalue weighted by Gasteiger charge is -2.18. The average molecular weight is 382 g/mol. The number of ether oxygens (including phenoxy) is 2. The number of ketones is 3. The first-order valence-electron chi connectivity index (χ1n) is 9.65. The molecule has 0 aromatic heterocycles. The van der Waals surface area contributed by atoms with Crippen LogP contribution in [0.5, 0.6) is 0 Å². The zero-order chi connectivity index (χ0) is 20.2. The molecule has 0 N–H and O–H groups in total. The monoisotopic (exact) mass is 382 g/mol. The lowest BCUT2D eigenvalue weighted by atomic mass is 10.0. The number of cyclic esters (lactones) is 2. The Balaban J connectivity index is 2.70. The molecule has 27 heavy (non-hydrogen) atoms. The van der Waals surface area contributed by atoms with Gasteiger partial charge in [-0.15, -0.1) is 0 Å². The molecule has 0 radical (unpaired) electrons. The van der Waals surface area contributed by atoms with E-state index in [4.69, 9.17) is 9.47 Å². The van der Waals surface area contributed by atoms with Crippen molar-refractivity contribution >= 4 is 29.3 Å². The highest BCUT2D eigenvalue weighted by Crippen LogP contribution is 2.16. The van der Waals surface area contributed by atoms with Gasteiger partial charge in [-0.05, 0) is 39.5 Å². The molecule has 0 aliphatic carbocycles. The van der Waals surface area contributed by atoms with E-state index in [-0.39, 0.29) is 68.3 Å². The number of Topliss-reactive ketones (excluding diaryl/α,β-unsaturated/α-hetero) is 3. The molecule has 0 unspecified atom stereocenters. The summed E-state index contributed by atoms with van der Waals surface area (Å²) in [4.78, 5) is 58.6. The Labute approximate surface area is 160 Å². The summed E-state index contributed by atoms with van der Waals surface area (Å²) in [6.07, 6.45) is 2.43. The maximum Gasteiger partial charge on any atom is 0.306 e. The first-order valence-corrected chi connectivity index (χ1v) is 9.65. The largest absolute Gasteiger partial charge is 0.462 e. The predicted octanol–water partition coefficient (Wildman–Crippen LogP) is 2.86. The molecule has 0 aromatic rings. The molecule has 1 heterocycles. The van der Waals surface area contributed by atoms with Crippen LogP contribution in [-0.2, 0) is 33.4 Å². The second-order valence-corrected chi connectivity index (χ2v) is 7.21. The van der Waals surface area contributed by atoms with E-state index in [1.165, 1.54) is 13.8 Å². The van der Waals surface area contributed by atoms with Gasteiger partial charge in [0, 0.05) is 32.1 Å². The Kier molecular flexibility index (Phi) is 10.5. The highest BCUT2D eigenvalue weighted by atomic mass is 16.5. The molecular formula is C20H30O7. The van der Waals surface area contributed by atoms with Crippen LogP contribution in [0.1, 0.15) is 84.5 Å². The average Bonchev–Trinajstić information content (AvgIpc) is 2.55. The minimum atomic E-state index is -0.598. The van der Waals surface area contributed by atoms with Crippen molar-refractivity contribution in [2.75, 3.05) is 0 Å². The molecule has 7 nitrogen and oxygen atoms in total. The molecule has 1 aliphatic heterocycles. The first-order chi connectivity index (χ1) is 12.8. The van der Waals surface area contributed by atoms with Crippen molar-refractivity contribution < 1.29 is 33.4 Å². The van der Waals surface area contributed by atoms with E-state index in [0.717, 1.165) is 6.42 Å². The molecule has 1 fully saturated rings. The summed E-state index contributed by atoms with van der Waals surface area (Å²) >= 11 is 0. The van der Waals surface area contributed by atoms with Crippen LogP contribution in [0.4, 0.5) is 0 Å². The van der Waals surface area contributed by atoms with Crippen molar-refractivity contribution in [1.29, 1.82) is 0 Å². The summed E-state index contributed by atoms with van der Waals surface area (Å²) < 4.78 is 10.7. The topological polar surface area (TPSA) is 104 Å². The SMILES string of the molecule is CC(=O)C[C@@H]1CCCCCC(=O)O[C@H](CC(C)=O)CCC(=O)CCC(=O)O1. The fraction of sp³-hybridized carbons (Fsp3) is 0.750. The summed E-state index contributed by atoms with van der Waals surface area (Å²) in [5.74, 6) is -1.15. The van der Waals surface area contributed by atoms with E-state index >= 15 is 0 Å². The molecule has 1 saturated heterocycles. The second-order valence-electron chi connectivity index (χ2n) is 7.21. The number of esters is 2. The van der Waals surface area contributed by atoms with Gasteiger partial charge in [-0.2, -0.15) is 0 Å². The van der Waals surface area contributed by atoms with Gasteiger partial charge in [0.25, 0.3) is 0 Å². The number of carbonyl (C=O) groups excluding carboxylic acids is 5. The summed E-state index contributed by atoms with van der Waals surface area (Å²) in [6, 6.07) is 0. The van der Waals surface area contributed by atoms with Crippen LogP contribution in [0, 0.1) is 0 Å². The molecule has 152 valence electrons. The van der Waals surface area contributed by atoms with Gasteiger partial charge < -0.3 is 9.47 Å². The van der Waals surface area contributed by atoms with Crippen LogP contribution in [0.25, 0.3) is 0 Å². The Morgan fingerprint density at radius 2 is 1.30 bits per heavy atom. The van der Waals surface area contributed by atoms with Crippen molar-refractivity contribution in [3.05, 3.63) is 0 Å². The highest BCUT2D eigenvalue weighted by Gasteiger charge is 2.21. The Morgan fingerprint density at radius 1 is 0.741 bits per heavy atom. The number of hydrogen-bond acceptors (Lipinski definition) is 7. The highest BCUT2D eigenvalue weighted by molar-refractivity contribution is 5.83. The van der Waals surface area contributed by atoms with Gasteiger partial charge in [-0.3, -0.25) is 24.0 Å². The number of hydrogen-bond donors (Lipinski definition) is 0. The Bertz CT molecular complexity index is 553. The fourth-order valence-electron chi connectivity index (χ4n) is 3.04. The van der Waals surface area contributed by atoms with Crippen molar-refractivity contribution in [3.63, 3.8) is 0 Å². The van der Waals surface area contributed by atoms with Crippen LogP contribution in [0.15, 0.2) is 0 Å². The quantitative estimate of drug-likeness (QED) is 0.689. The third-order valence-electron chi connectivity index (χ3n) is 4.39. The van der Waals surface area contributed by atoms with E-state index in [1.54, 1.807) is 0 Å². The Hall–Kier alpha value is -2.05. The standard InChI is InChI=1S/C20H30O7/c1-14(21)12-17-6-4-3-5-7-19(24)27-18(13-15(2)22)10-8-16(23)9-11-20(25)26-17/h17-18H,3-13H2,1-2H3/t17-,18-/m0/s1. The zero-order valence-corrected chi connectivity index (χ0v) is 16.3. The molecule has 1 rings (SSSR count). The van der Waals surface area contributed by atoms with Gasteiger partial charge >= 0.3 is 11.9 Å². The van der Waals surface area contributed by atoms with Crippen LogP contribution in [0.2, 0.25) is 0 Å². The van der Waals surface area contributed by atoms with Gasteiger partial charge in [0.2, 0.25) is 0 Å². The second kappa shape index (κ2) is 12.4. The Morgan fingerprint density at radius 3 is 1.89 bits per heavy atom. The third kappa shape index (κ3) is 11.3. The minimum absolute atomic E-state index is 0.0341. The fourth-order valence-corrected chi connectivity index (χ4v) is 3.04. The molecular weight excluding hydrogens is 352 g/mol. The maximum atomic E-state index is 12.0. The molecule has 0 bridgehead atoms. The summed E-state index contributed by atoms with van der Waals surface area (Å²) in [5.41, 5.74) is 0. The van der Waals surface area contributed by atoms with Crippen LogP contribution in [-0.4, -0.2) is 41.5 Å². The van der Waals surface area contributed by atoms with Gasteiger partial charge in [0.15, 0.2) is 0 Å². The van der Waals surface area contributed by atoms with E-state index in [1.807, 2.05) is 0 Å². The molecule has 0 spiro atoms. The molecule has 2 atom stereocenters. The molecule has 0 saturated carbocycles. The smallest absolute Gasteiger partial charge is 0.306 e. The zero-order valence-electron chi connectivity index (χ0n) is 16.3. The van der Waals surface area contributed by atoms with Crippen molar-refractivity contribution in [2.45, 2.75) is 96.7 Å². The van der Waals surface area contributed by atoms with Crippen molar-refractivity contribution in [3.8, 4) is 0 Å². The van der Waals surface area contributed by atoms with Gasteiger partial charge in [0.1, 0.15) is 29.6 Å². The molecule has 0 amide bonds. The normalized spacial score (nSPS) is 24.0. The first kappa shape index (κ1) is 23.0. The van der Waals surface area contributed by atoms with Gasteiger partial charge in [0.05, 0.1) is 6.42 Å². The van der Waals surface area contributed by atoms with Crippen molar-refractivity contribution in [1.82, 2.24) is 0 Å². The summed E-state index contributed by atoms with van der Waals surface area (Å²) in [6.45, 7) is 2.87. The number of rotatable bonds is 4. The maximum absolute atomic E-state index is 12.0. The van der Waals surface area contributed by atoms with Crippen LogP contribution in [0.3, 0.4) is 0 Å².